The molecule has 0 unspecified atom stereocenters. The minimum Gasteiger partial charge on any atom is -0.428 e. The van der Waals surface area contributed by atoms with Gasteiger partial charge < -0.3 is 4.42 Å². The average Bonchev–Trinajstić information content (AvgIpc) is 3.25. The van der Waals surface area contributed by atoms with E-state index in [0.717, 1.165) is 19.3 Å². The van der Waals surface area contributed by atoms with Crippen LogP contribution in [0.2, 0.25) is 0 Å². The van der Waals surface area contributed by atoms with Crippen LogP contribution in [0, 0.1) is 0 Å². The lowest BCUT2D eigenvalue weighted by Gasteiger charge is -2.26. The predicted octanol–water partition coefficient (Wildman–Crippen LogP) is 3.99. The van der Waals surface area contributed by atoms with Gasteiger partial charge in [0, 0.05) is 29.9 Å². The van der Waals surface area contributed by atoms with Crippen LogP contribution < -0.4 is 0 Å². The summed E-state index contributed by atoms with van der Waals surface area (Å²) in [5, 5.41) is 0.581. The third-order valence-corrected chi connectivity index (χ3v) is 9.03. The summed E-state index contributed by atoms with van der Waals surface area (Å²) in [6.45, 7) is 0.942. The van der Waals surface area contributed by atoms with E-state index in [-0.39, 0.29) is 15.4 Å². The fourth-order valence-corrected chi connectivity index (χ4v) is 6.83. The maximum atomic E-state index is 13.4. The molecule has 160 valence electrons. The highest BCUT2D eigenvalue weighted by molar-refractivity contribution is 7.91. The molecule has 5 rings (SSSR count). The quantitative estimate of drug-likeness (QED) is 0.461. The summed E-state index contributed by atoms with van der Waals surface area (Å²) in [5.74, 6) is 0. The number of benzene rings is 3. The van der Waals surface area contributed by atoms with Gasteiger partial charge in [-0.3, -0.25) is 0 Å². The van der Waals surface area contributed by atoms with E-state index in [4.69, 9.17) is 4.42 Å². The fourth-order valence-electron chi connectivity index (χ4n) is 3.98. The summed E-state index contributed by atoms with van der Waals surface area (Å²) < 4.78 is 59.9. The smallest absolute Gasteiger partial charge is 0.321 e. The second-order valence-electron chi connectivity index (χ2n) is 7.53. The van der Waals surface area contributed by atoms with Crippen molar-refractivity contribution in [3.05, 3.63) is 60.7 Å². The van der Waals surface area contributed by atoms with Gasteiger partial charge in [0.2, 0.25) is 10.0 Å². The third-order valence-electron chi connectivity index (χ3n) is 5.56. The summed E-state index contributed by atoms with van der Waals surface area (Å²) in [6.07, 6.45) is 2.65. The highest BCUT2D eigenvalue weighted by Crippen LogP contribution is 2.35. The number of sulfone groups is 1. The van der Waals surface area contributed by atoms with Gasteiger partial charge in [0.1, 0.15) is 5.52 Å². The number of sulfonamides is 1. The molecule has 3 aromatic carbocycles. The molecule has 4 aromatic rings. The molecule has 31 heavy (non-hydrogen) atoms. The van der Waals surface area contributed by atoms with Gasteiger partial charge in [-0.25, -0.2) is 16.8 Å². The van der Waals surface area contributed by atoms with Gasteiger partial charge in [0.25, 0.3) is 9.84 Å². The van der Waals surface area contributed by atoms with E-state index in [2.05, 4.69) is 4.98 Å². The summed E-state index contributed by atoms with van der Waals surface area (Å²) in [6, 6.07) is 16.3. The monoisotopic (exact) mass is 456 g/mol. The van der Waals surface area contributed by atoms with Gasteiger partial charge in [0.15, 0.2) is 5.58 Å². The molecule has 0 atom stereocenters. The Morgan fingerprint density at radius 3 is 2.16 bits per heavy atom. The van der Waals surface area contributed by atoms with Crippen LogP contribution in [-0.2, 0) is 19.9 Å². The predicted molar refractivity (Wildman–Crippen MR) is 116 cm³/mol. The highest BCUT2D eigenvalue weighted by Gasteiger charge is 2.31. The lowest BCUT2D eigenvalue weighted by molar-refractivity contribution is 0.347. The van der Waals surface area contributed by atoms with Crippen molar-refractivity contribution >= 4 is 41.7 Å². The number of fused-ring (bicyclic) bond motifs is 3. The zero-order chi connectivity index (χ0) is 21.6. The van der Waals surface area contributed by atoms with Gasteiger partial charge in [-0.2, -0.15) is 9.29 Å². The van der Waals surface area contributed by atoms with Crippen LogP contribution in [0.25, 0.3) is 21.9 Å². The first-order valence-electron chi connectivity index (χ1n) is 10.0. The Balaban J connectivity index is 1.74. The minimum atomic E-state index is -3.98. The second-order valence-corrected chi connectivity index (χ2v) is 11.3. The largest absolute Gasteiger partial charge is 0.428 e. The number of hydrogen-bond acceptors (Lipinski definition) is 6. The maximum absolute atomic E-state index is 13.4. The molecule has 0 aliphatic carbocycles. The Kier molecular flexibility index (Phi) is 4.84. The molecule has 0 saturated carbocycles. The van der Waals surface area contributed by atoms with E-state index in [1.807, 2.05) is 0 Å². The molecule has 0 N–H and O–H groups in total. The van der Waals surface area contributed by atoms with Gasteiger partial charge in [-0.1, -0.05) is 48.9 Å². The molecule has 1 fully saturated rings. The standard InChI is InChI=1S/C22H20N2O5S2/c25-30(26,16-9-3-1-4-10-16)22-23-21-18-12-6-5-11-17(18)20(15-19(21)29-22)31(27,28)24-13-7-2-8-14-24/h1,3-6,9-12,15H,2,7-8,13-14H2. The molecular formula is C22H20N2O5S2. The molecular weight excluding hydrogens is 436 g/mol. The van der Waals surface area contributed by atoms with Crippen LogP contribution >= 0.6 is 0 Å². The van der Waals surface area contributed by atoms with Crippen molar-refractivity contribution in [3.8, 4) is 0 Å². The number of nitrogens with zero attached hydrogens (tertiary/aromatic N) is 2. The maximum Gasteiger partial charge on any atom is 0.321 e. The van der Waals surface area contributed by atoms with Crippen molar-refractivity contribution < 1.29 is 21.3 Å². The van der Waals surface area contributed by atoms with Crippen molar-refractivity contribution in [2.24, 2.45) is 0 Å². The molecule has 9 heteroatoms. The number of rotatable bonds is 4. The molecule has 1 aromatic heterocycles. The Morgan fingerprint density at radius 1 is 0.806 bits per heavy atom. The topological polar surface area (TPSA) is 97.5 Å². The molecule has 0 spiro atoms. The van der Waals surface area contributed by atoms with Gasteiger partial charge in [-0.05, 0) is 25.0 Å². The Labute approximate surface area is 180 Å². The van der Waals surface area contributed by atoms with Crippen molar-refractivity contribution in [1.82, 2.24) is 9.29 Å². The Bertz CT molecular complexity index is 1490. The van der Waals surface area contributed by atoms with Crippen LogP contribution in [0.15, 0.2) is 80.1 Å². The number of aromatic nitrogens is 1. The zero-order valence-corrected chi connectivity index (χ0v) is 18.2. The molecule has 7 nitrogen and oxygen atoms in total. The fraction of sp³-hybridized carbons (Fsp3) is 0.227. The van der Waals surface area contributed by atoms with E-state index in [1.54, 1.807) is 42.5 Å². The van der Waals surface area contributed by atoms with E-state index >= 15 is 0 Å². The number of piperidine rings is 1. The molecule has 1 aliphatic heterocycles. The van der Waals surface area contributed by atoms with Crippen molar-refractivity contribution in [2.45, 2.75) is 34.3 Å². The number of oxazole rings is 1. The summed E-state index contributed by atoms with van der Waals surface area (Å²) >= 11 is 0. The van der Waals surface area contributed by atoms with Crippen LogP contribution in [0.3, 0.4) is 0 Å². The molecule has 1 saturated heterocycles. The van der Waals surface area contributed by atoms with Gasteiger partial charge in [-0.15, -0.1) is 0 Å². The van der Waals surface area contributed by atoms with E-state index in [9.17, 15) is 16.8 Å². The molecule has 1 aliphatic rings. The van der Waals surface area contributed by atoms with E-state index < -0.39 is 25.1 Å². The zero-order valence-electron chi connectivity index (χ0n) is 16.6. The minimum absolute atomic E-state index is 0.0621. The normalized spacial score (nSPS) is 16.1. The van der Waals surface area contributed by atoms with Gasteiger partial charge >= 0.3 is 5.22 Å². The van der Waals surface area contributed by atoms with Crippen molar-refractivity contribution in [3.63, 3.8) is 0 Å². The lowest BCUT2D eigenvalue weighted by atomic mass is 10.1. The van der Waals surface area contributed by atoms with Crippen molar-refractivity contribution in [2.75, 3.05) is 13.1 Å². The molecule has 2 heterocycles. The molecule has 0 radical (unpaired) electrons. The SMILES string of the molecule is O=S(=O)(c1ccccc1)c1nc2c(cc(S(=O)(=O)N3CCCCC3)c3ccccc32)o1. The van der Waals surface area contributed by atoms with Crippen LogP contribution in [-0.4, -0.2) is 39.2 Å². The Morgan fingerprint density at radius 2 is 1.45 bits per heavy atom. The summed E-state index contributed by atoms with van der Waals surface area (Å²) in [7, 11) is -7.74. The third kappa shape index (κ3) is 3.33. The average molecular weight is 457 g/mol. The highest BCUT2D eigenvalue weighted by atomic mass is 32.2. The van der Waals surface area contributed by atoms with Crippen LogP contribution in [0.5, 0.6) is 0 Å². The van der Waals surface area contributed by atoms with Crippen LogP contribution in [0.1, 0.15) is 19.3 Å². The van der Waals surface area contributed by atoms with Crippen molar-refractivity contribution in [1.29, 1.82) is 0 Å². The van der Waals surface area contributed by atoms with E-state index in [0.29, 0.717) is 29.4 Å². The molecule has 0 bridgehead atoms. The lowest BCUT2D eigenvalue weighted by Crippen LogP contribution is -2.35. The second kappa shape index (κ2) is 7.44. The van der Waals surface area contributed by atoms with Crippen LogP contribution in [0.4, 0.5) is 0 Å². The summed E-state index contributed by atoms with van der Waals surface area (Å²) in [4.78, 5) is 4.43. The first-order chi connectivity index (χ1) is 14.9. The van der Waals surface area contributed by atoms with Gasteiger partial charge in [0.05, 0.1) is 9.79 Å². The Hall–Kier alpha value is -2.75. The summed E-state index contributed by atoms with van der Waals surface area (Å²) in [5.41, 5.74) is 0.450. The number of hydrogen-bond donors (Lipinski definition) is 0. The first-order valence-corrected chi connectivity index (χ1v) is 12.9. The van der Waals surface area contributed by atoms with E-state index in [1.165, 1.54) is 22.5 Å². The first kappa shape index (κ1) is 20.2. The molecule has 0 amide bonds.